The smallest absolute Gasteiger partial charge is 0.169 e. The second-order valence-electron chi connectivity index (χ2n) is 7.41. The highest BCUT2D eigenvalue weighted by Crippen LogP contribution is 2.18. The molecule has 0 atom stereocenters. The van der Waals surface area contributed by atoms with Crippen LogP contribution in [0.5, 0.6) is 0 Å². The molecule has 154 valence electrons. The normalized spacial score (nSPS) is 10.6. The number of fused-ring (bicyclic) bond motifs is 1. The molecule has 1 N–H and O–H groups in total. The van der Waals surface area contributed by atoms with Crippen LogP contribution in [-0.2, 0) is 13.1 Å². The molecule has 0 bridgehead atoms. The summed E-state index contributed by atoms with van der Waals surface area (Å²) in [4.78, 5) is 4.45. The van der Waals surface area contributed by atoms with Gasteiger partial charge in [0.2, 0.25) is 0 Å². The third kappa shape index (κ3) is 7.32. The van der Waals surface area contributed by atoms with Gasteiger partial charge in [0.25, 0.3) is 0 Å². The van der Waals surface area contributed by atoms with Gasteiger partial charge in [-0.15, -0.1) is 12.4 Å². The van der Waals surface area contributed by atoms with E-state index in [0.29, 0.717) is 0 Å². The molecular formula is C24H30ClN3S. The molecule has 0 saturated carbocycles. The molecule has 0 aliphatic carbocycles. The molecule has 0 aliphatic heterocycles. The summed E-state index contributed by atoms with van der Waals surface area (Å²) in [6.45, 7) is 3.53. The lowest BCUT2D eigenvalue weighted by atomic mass is 10.1. The third-order valence-electron chi connectivity index (χ3n) is 4.75. The van der Waals surface area contributed by atoms with Crippen LogP contribution in [0.1, 0.15) is 17.5 Å². The Bertz CT molecular complexity index is 899. The monoisotopic (exact) mass is 427 g/mol. The summed E-state index contributed by atoms with van der Waals surface area (Å²) in [5.74, 6) is 0. The molecule has 0 unspecified atom stereocenters. The van der Waals surface area contributed by atoms with Crippen molar-refractivity contribution in [3.05, 3.63) is 83.9 Å². The highest BCUT2D eigenvalue weighted by Gasteiger charge is 2.11. The largest absolute Gasteiger partial charge is 0.363 e. The number of nitrogens with one attached hydrogen (secondary N) is 1. The van der Waals surface area contributed by atoms with E-state index in [1.165, 1.54) is 21.9 Å². The van der Waals surface area contributed by atoms with E-state index in [2.05, 4.69) is 102 Å². The van der Waals surface area contributed by atoms with Crippen LogP contribution in [0, 0.1) is 0 Å². The topological polar surface area (TPSA) is 18.5 Å². The van der Waals surface area contributed by atoms with Crippen LogP contribution in [0.25, 0.3) is 10.8 Å². The lowest BCUT2D eigenvalue weighted by Crippen LogP contribution is -2.39. The molecule has 29 heavy (non-hydrogen) atoms. The van der Waals surface area contributed by atoms with E-state index < -0.39 is 0 Å². The standard InChI is InChI=1S/C24H29N3S.ClH/c1-26(2)16-8-15-25-24(28)27(18-20-9-4-3-5-10-20)19-21-13-14-22-11-6-7-12-23(22)17-21;/h3-7,9-14,17H,8,15-16,18-19H2,1-2H3,(H,25,28);1H. The van der Waals surface area contributed by atoms with Gasteiger partial charge in [-0.05, 0) is 67.2 Å². The Kier molecular flexibility index (Phi) is 9.39. The summed E-state index contributed by atoms with van der Waals surface area (Å²) in [6, 6.07) is 25.7. The molecule has 3 aromatic rings. The number of benzene rings is 3. The van der Waals surface area contributed by atoms with Crippen molar-refractivity contribution in [3.8, 4) is 0 Å². The number of thiocarbonyl (C=S) groups is 1. The molecule has 3 aromatic carbocycles. The Morgan fingerprint density at radius 3 is 2.21 bits per heavy atom. The van der Waals surface area contributed by atoms with Crippen LogP contribution >= 0.6 is 24.6 Å². The lowest BCUT2D eigenvalue weighted by molar-refractivity contribution is 0.384. The van der Waals surface area contributed by atoms with Crippen molar-refractivity contribution >= 4 is 40.5 Å². The first-order valence-electron chi connectivity index (χ1n) is 9.81. The first-order chi connectivity index (χ1) is 13.6. The Morgan fingerprint density at radius 2 is 1.48 bits per heavy atom. The van der Waals surface area contributed by atoms with Crippen molar-refractivity contribution in [3.63, 3.8) is 0 Å². The van der Waals surface area contributed by atoms with Crippen LogP contribution in [0.3, 0.4) is 0 Å². The zero-order valence-corrected chi connectivity index (χ0v) is 18.8. The molecular weight excluding hydrogens is 398 g/mol. The fourth-order valence-electron chi connectivity index (χ4n) is 3.26. The van der Waals surface area contributed by atoms with Gasteiger partial charge in [-0.25, -0.2) is 0 Å². The Hall–Kier alpha value is -2.14. The van der Waals surface area contributed by atoms with Gasteiger partial charge in [0, 0.05) is 19.6 Å². The van der Waals surface area contributed by atoms with Gasteiger partial charge in [-0.2, -0.15) is 0 Å². The number of hydrogen-bond acceptors (Lipinski definition) is 2. The number of hydrogen-bond donors (Lipinski definition) is 1. The van der Waals surface area contributed by atoms with Gasteiger partial charge in [0.1, 0.15) is 0 Å². The van der Waals surface area contributed by atoms with Crippen molar-refractivity contribution in [2.24, 2.45) is 0 Å². The summed E-state index contributed by atoms with van der Waals surface area (Å²) in [7, 11) is 4.19. The summed E-state index contributed by atoms with van der Waals surface area (Å²) in [5, 5.41) is 6.80. The van der Waals surface area contributed by atoms with Gasteiger partial charge < -0.3 is 15.1 Å². The van der Waals surface area contributed by atoms with E-state index in [4.69, 9.17) is 12.2 Å². The van der Waals surface area contributed by atoms with Crippen molar-refractivity contribution < 1.29 is 0 Å². The van der Waals surface area contributed by atoms with Gasteiger partial charge in [-0.3, -0.25) is 0 Å². The Labute approximate surface area is 186 Å². The van der Waals surface area contributed by atoms with Crippen molar-refractivity contribution in [1.82, 2.24) is 15.1 Å². The summed E-state index contributed by atoms with van der Waals surface area (Å²) in [6.07, 6.45) is 1.07. The number of halogens is 1. The van der Waals surface area contributed by atoms with Crippen molar-refractivity contribution in [1.29, 1.82) is 0 Å². The number of nitrogens with zero attached hydrogens (tertiary/aromatic N) is 2. The molecule has 0 amide bonds. The van der Waals surface area contributed by atoms with E-state index in [-0.39, 0.29) is 12.4 Å². The average molecular weight is 428 g/mol. The van der Waals surface area contributed by atoms with Gasteiger partial charge in [0.15, 0.2) is 5.11 Å². The van der Waals surface area contributed by atoms with Crippen LogP contribution < -0.4 is 5.32 Å². The van der Waals surface area contributed by atoms with Gasteiger partial charge in [0.05, 0.1) is 0 Å². The summed E-state index contributed by atoms with van der Waals surface area (Å²) >= 11 is 5.75. The molecule has 0 aromatic heterocycles. The molecule has 3 rings (SSSR count). The van der Waals surface area contributed by atoms with Crippen LogP contribution in [0.15, 0.2) is 72.8 Å². The highest BCUT2D eigenvalue weighted by molar-refractivity contribution is 7.80. The highest BCUT2D eigenvalue weighted by atomic mass is 35.5. The minimum atomic E-state index is 0. The fraction of sp³-hybridized carbons (Fsp3) is 0.292. The number of rotatable bonds is 8. The zero-order valence-electron chi connectivity index (χ0n) is 17.2. The SMILES string of the molecule is CN(C)CCCNC(=S)N(Cc1ccccc1)Cc1ccc2ccccc2c1.Cl. The second kappa shape index (κ2) is 11.8. The van der Waals surface area contributed by atoms with Crippen molar-refractivity contribution in [2.45, 2.75) is 19.5 Å². The quantitative estimate of drug-likeness (QED) is 0.398. The zero-order chi connectivity index (χ0) is 19.8. The third-order valence-corrected chi connectivity index (χ3v) is 5.15. The lowest BCUT2D eigenvalue weighted by Gasteiger charge is -2.26. The summed E-state index contributed by atoms with van der Waals surface area (Å²) < 4.78 is 0. The molecule has 0 saturated heterocycles. The molecule has 5 heteroatoms. The van der Waals surface area contributed by atoms with E-state index in [1.807, 2.05) is 0 Å². The second-order valence-corrected chi connectivity index (χ2v) is 7.80. The molecule has 3 nitrogen and oxygen atoms in total. The average Bonchev–Trinajstić information content (AvgIpc) is 2.71. The van der Waals surface area contributed by atoms with Crippen molar-refractivity contribution in [2.75, 3.05) is 27.2 Å². The Balaban J connectivity index is 0.00000300. The Morgan fingerprint density at radius 1 is 0.828 bits per heavy atom. The predicted octanol–water partition coefficient (Wildman–Crippen LogP) is 5.09. The maximum Gasteiger partial charge on any atom is 0.169 e. The van der Waals surface area contributed by atoms with Gasteiger partial charge >= 0.3 is 0 Å². The molecule has 0 radical (unpaired) electrons. The molecule has 0 spiro atoms. The van der Waals surface area contributed by atoms with E-state index in [0.717, 1.165) is 37.7 Å². The molecule has 0 aliphatic rings. The maximum atomic E-state index is 5.75. The van der Waals surface area contributed by atoms with E-state index in [9.17, 15) is 0 Å². The maximum absolute atomic E-state index is 5.75. The van der Waals surface area contributed by atoms with Crippen LogP contribution in [-0.4, -0.2) is 42.1 Å². The van der Waals surface area contributed by atoms with E-state index >= 15 is 0 Å². The van der Waals surface area contributed by atoms with E-state index in [1.54, 1.807) is 0 Å². The molecule has 0 fully saturated rings. The minimum Gasteiger partial charge on any atom is -0.363 e. The van der Waals surface area contributed by atoms with Crippen LogP contribution in [0.2, 0.25) is 0 Å². The fourth-order valence-corrected chi connectivity index (χ4v) is 3.49. The van der Waals surface area contributed by atoms with Gasteiger partial charge in [-0.1, -0.05) is 66.7 Å². The summed E-state index contributed by atoms with van der Waals surface area (Å²) in [5.41, 5.74) is 2.54. The predicted molar refractivity (Wildman–Crippen MR) is 131 cm³/mol. The van der Waals surface area contributed by atoms with Crippen LogP contribution in [0.4, 0.5) is 0 Å². The first-order valence-corrected chi connectivity index (χ1v) is 10.2. The molecule has 0 heterocycles. The minimum absolute atomic E-state index is 0. The first kappa shape index (κ1) is 23.1.